The van der Waals surface area contributed by atoms with E-state index >= 15 is 0 Å². The zero-order valence-corrected chi connectivity index (χ0v) is 14.1. The smallest absolute Gasteiger partial charge is 0.339 e. The largest absolute Gasteiger partial charge is 0.465 e. The molecule has 122 valence electrons. The number of carbonyl (C=O) groups is 1. The van der Waals surface area contributed by atoms with Crippen molar-refractivity contribution in [2.24, 2.45) is 0 Å². The number of nitrogens with zero attached hydrogens (tertiary/aromatic N) is 1. The molecule has 1 saturated heterocycles. The minimum Gasteiger partial charge on any atom is -0.465 e. The molecule has 0 bridgehead atoms. The minimum atomic E-state index is -3.88. The summed E-state index contributed by atoms with van der Waals surface area (Å²) in [6.07, 6.45) is -0.216. The second-order valence-corrected chi connectivity index (χ2v) is 7.50. The number of rotatable bonds is 3. The lowest BCUT2D eigenvalue weighted by Gasteiger charge is -2.35. The number of ether oxygens (including phenoxy) is 2. The number of halogens is 1. The average molecular weight is 348 g/mol. The van der Waals surface area contributed by atoms with Gasteiger partial charge in [0.25, 0.3) is 0 Å². The fraction of sp³-hybridized carbons (Fsp3) is 0.500. The van der Waals surface area contributed by atoms with Gasteiger partial charge < -0.3 is 9.47 Å². The van der Waals surface area contributed by atoms with Gasteiger partial charge in [-0.15, -0.1) is 0 Å². The van der Waals surface area contributed by atoms with E-state index in [0.29, 0.717) is 6.61 Å². The van der Waals surface area contributed by atoms with Gasteiger partial charge in [-0.05, 0) is 32.0 Å². The van der Waals surface area contributed by atoms with Crippen molar-refractivity contribution >= 4 is 27.6 Å². The van der Waals surface area contributed by atoms with Gasteiger partial charge in [-0.2, -0.15) is 4.31 Å². The van der Waals surface area contributed by atoms with Crippen molar-refractivity contribution in [3.05, 3.63) is 28.8 Å². The van der Waals surface area contributed by atoms with Crippen LogP contribution in [-0.2, 0) is 19.5 Å². The molecule has 2 atom stereocenters. The number of morpholine rings is 1. The molecule has 0 spiro atoms. The van der Waals surface area contributed by atoms with Gasteiger partial charge in [0, 0.05) is 17.6 Å². The Bertz CT molecular complexity index is 676. The molecule has 0 unspecified atom stereocenters. The molecule has 0 amide bonds. The van der Waals surface area contributed by atoms with Crippen LogP contribution in [0.5, 0.6) is 0 Å². The maximum atomic E-state index is 12.9. The van der Waals surface area contributed by atoms with Crippen LogP contribution in [0.1, 0.15) is 24.2 Å². The van der Waals surface area contributed by atoms with E-state index in [9.17, 15) is 13.2 Å². The summed E-state index contributed by atoms with van der Waals surface area (Å²) in [6.45, 7) is 4.07. The lowest BCUT2D eigenvalue weighted by atomic mass is 10.2. The molecular weight excluding hydrogens is 330 g/mol. The highest BCUT2D eigenvalue weighted by Crippen LogP contribution is 2.28. The molecule has 1 heterocycles. The van der Waals surface area contributed by atoms with Crippen LogP contribution in [0.3, 0.4) is 0 Å². The van der Waals surface area contributed by atoms with E-state index < -0.39 is 16.0 Å². The highest BCUT2D eigenvalue weighted by atomic mass is 35.5. The minimum absolute atomic E-state index is 0.0294. The Balaban J connectivity index is 2.53. The fourth-order valence-electron chi connectivity index (χ4n) is 2.32. The molecule has 2 rings (SSSR count). The van der Waals surface area contributed by atoms with E-state index in [1.165, 1.54) is 29.6 Å². The van der Waals surface area contributed by atoms with Gasteiger partial charge in [-0.3, -0.25) is 0 Å². The molecule has 6 nitrogen and oxygen atoms in total. The first-order valence-corrected chi connectivity index (χ1v) is 8.60. The van der Waals surface area contributed by atoms with E-state index in [-0.39, 0.29) is 34.2 Å². The quantitative estimate of drug-likeness (QED) is 0.781. The summed E-state index contributed by atoms with van der Waals surface area (Å²) >= 11 is 5.91. The van der Waals surface area contributed by atoms with Crippen LogP contribution in [0.15, 0.2) is 23.1 Å². The Morgan fingerprint density at radius 2 is 2.09 bits per heavy atom. The van der Waals surface area contributed by atoms with Gasteiger partial charge in [0.05, 0.1) is 30.3 Å². The Morgan fingerprint density at radius 3 is 2.73 bits per heavy atom. The van der Waals surface area contributed by atoms with Gasteiger partial charge in [-0.25, -0.2) is 13.2 Å². The number of carbonyl (C=O) groups excluding carboxylic acids is 1. The third-order valence-electron chi connectivity index (χ3n) is 3.49. The van der Waals surface area contributed by atoms with Crippen molar-refractivity contribution in [3.63, 3.8) is 0 Å². The van der Waals surface area contributed by atoms with Crippen molar-refractivity contribution in [2.75, 3.05) is 20.3 Å². The Hall–Kier alpha value is -1.15. The molecule has 0 aromatic heterocycles. The monoisotopic (exact) mass is 347 g/mol. The standard InChI is InChI=1S/C14H18ClNO5S/c1-9-8-21-10(2)7-16(9)22(18,19)13-6-11(15)4-5-12(13)14(17)20-3/h4-6,9-10H,7-8H2,1-3H3/t9-,10-/m1/s1. The number of esters is 1. The molecule has 1 aromatic rings. The lowest BCUT2D eigenvalue weighted by Crippen LogP contribution is -2.50. The number of sulfonamides is 1. The summed E-state index contributed by atoms with van der Waals surface area (Å²) in [5.41, 5.74) is -0.0294. The molecule has 0 radical (unpaired) electrons. The molecule has 1 aromatic carbocycles. The molecule has 1 aliphatic rings. The van der Waals surface area contributed by atoms with Gasteiger partial charge in [0.2, 0.25) is 10.0 Å². The van der Waals surface area contributed by atoms with Crippen molar-refractivity contribution in [1.82, 2.24) is 4.31 Å². The van der Waals surface area contributed by atoms with E-state index in [1.54, 1.807) is 13.8 Å². The number of hydrogen-bond acceptors (Lipinski definition) is 5. The summed E-state index contributed by atoms with van der Waals surface area (Å²) in [6, 6.07) is 3.76. The van der Waals surface area contributed by atoms with Crippen LogP contribution in [0.2, 0.25) is 5.02 Å². The predicted molar refractivity (Wildman–Crippen MR) is 81.6 cm³/mol. The number of hydrogen-bond donors (Lipinski definition) is 0. The van der Waals surface area contributed by atoms with Crippen molar-refractivity contribution < 1.29 is 22.7 Å². The van der Waals surface area contributed by atoms with Gasteiger partial charge in [-0.1, -0.05) is 11.6 Å². The van der Waals surface area contributed by atoms with Crippen LogP contribution in [-0.4, -0.2) is 51.1 Å². The predicted octanol–water partition coefficient (Wildman–Crippen LogP) is 1.92. The SMILES string of the molecule is COC(=O)c1ccc(Cl)cc1S(=O)(=O)N1C[C@@H](C)OC[C@H]1C. The van der Waals surface area contributed by atoms with E-state index in [4.69, 9.17) is 16.3 Å². The first kappa shape index (κ1) is 17.2. The van der Waals surface area contributed by atoms with Crippen LogP contribution < -0.4 is 0 Å². The van der Waals surface area contributed by atoms with Gasteiger partial charge in [0.1, 0.15) is 0 Å². The van der Waals surface area contributed by atoms with E-state index in [0.717, 1.165) is 0 Å². The van der Waals surface area contributed by atoms with Crippen molar-refractivity contribution in [2.45, 2.75) is 30.9 Å². The first-order valence-electron chi connectivity index (χ1n) is 6.78. The third kappa shape index (κ3) is 3.27. The van der Waals surface area contributed by atoms with Gasteiger partial charge >= 0.3 is 5.97 Å². The Labute approximate surface area is 135 Å². The van der Waals surface area contributed by atoms with Crippen molar-refractivity contribution in [1.29, 1.82) is 0 Å². The van der Waals surface area contributed by atoms with E-state index in [2.05, 4.69) is 4.74 Å². The van der Waals surface area contributed by atoms with E-state index in [1.807, 2.05) is 0 Å². The Kier molecular flexibility index (Phi) is 5.11. The Morgan fingerprint density at radius 1 is 1.41 bits per heavy atom. The fourth-order valence-corrected chi connectivity index (χ4v) is 4.46. The maximum Gasteiger partial charge on any atom is 0.339 e. The second kappa shape index (κ2) is 6.54. The molecule has 22 heavy (non-hydrogen) atoms. The summed E-state index contributed by atoms with van der Waals surface area (Å²) in [7, 11) is -2.68. The summed E-state index contributed by atoms with van der Waals surface area (Å²) in [4.78, 5) is 11.7. The van der Waals surface area contributed by atoms with Crippen LogP contribution in [0.25, 0.3) is 0 Å². The van der Waals surface area contributed by atoms with Crippen molar-refractivity contribution in [3.8, 4) is 0 Å². The molecule has 1 aliphatic heterocycles. The normalized spacial score (nSPS) is 23.3. The number of benzene rings is 1. The summed E-state index contributed by atoms with van der Waals surface area (Å²) in [5.74, 6) is -0.718. The zero-order valence-electron chi connectivity index (χ0n) is 12.6. The zero-order chi connectivity index (χ0) is 16.5. The second-order valence-electron chi connectivity index (χ2n) is 5.20. The molecular formula is C14H18ClNO5S. The van der Waals surface area contributed by atoms with Gasteiger partial charge in [0.15, 0.2) is 0 Å². The highest BCUT2D eigenvalue weighted by molar-refractivity contribution is 7.89. The molecule has 0 N–H and O–H groups in total. The summed E-state index contributed by atoms with van der Waals surface area (Å²) in [5, 5.41) is 0.236. The summed E-state index contributed by atoms with van der Waals surface area (Å²) < 4.78 is 37.3. The third-order valence-corrected chi connectivity index (χ3v) is 5.74. The lowest BCUT2D eigenvalue weighted by molar-refractivity contribution is -0.0170. The molecule has 1 fully saturated rings. The molecule has 8 heteroatoms. The van der Waals surface area contributed by atoms with Crippen LogP contribution >= 0.6 is 11.6 Å². The highest BCUT2D eigenvalue weighted by Gasteiger charge is 2.36. The van der Waals surface area contributed by atoms with Crippen LogP contribution in [0.4, 0.5) is 0 Å². The average Bonchev–Trinajstić information content (AvgIpc) is 2.48. The van der Waals surface area contributed by atoms with Crippen LogP contribution in [0, 0.1) is 0 Å². The first-order chi connectivity index (χ1) is 10.3. The molecule has 0 saturated carbocycles. The molecule has 0 aliphatic carbocycles. The maximum absolute atomic E-state index is 12.9. The topological polar surface area (TPSA) is 72.9 Å². The number of methoxy groups -OCH3 is 1.